The number of halogens is 1. The average Bonchev–Trinajstić information content (AvgIpc) is 2.53. The molecule has 0 N–H and O–H groups in total. The molecule has 2 rings (SSSR count). The number of hydrogen-bond donors (Lipinski definition) is 0. The number of carbonyl (C=O) groups is 1. The van der Waals surface area contributed by atoms with Crippen molar-refractivity contribution in [3.8, 4) is 0 Å². The normalized spacial score (nSPS) is 10.4. The van der Waals surface area contributed by atoms with E-state index >= 15 is 0 Å². The van der Waals surface area contributed by atoms with Crippen molar-refractivity contribution in [2.75, 3.05) is 0 Å². The van der Waals surface area contributed by atoms with Crippen LogP contribution < -0.4 is 0 Å². The lowest BCUT2D eigenvalue weighted by molar-refractivity contribution is 0.112. The third-order valence-corrected chi connectivity index (χ3v) is 2.79. The number of hydrogen-bond acceptors (Lipinski definition) is 4. The van der Waals surface area contributed by atoms with Gasteiger partial charge in [-0.1, -0.05) is 16.1 Å². The summed E-state index contributed by atoms with van der Waals surface area (Å²) in [6.07, 6.45) is 0.724. The molecule has 0 atom stereocenters. The van der Waals surface area contributed by atoms with Gasteiger partial charge in [0.1, 0.15) is 5.52 Å². The van der Waals surface area contributed by atoms with E-state index in [-0.39, 0.29) is 0 Å². The zero-order chi connectivity index (χ0) is 8.55. The lowest BCUT2D eigenvalue weighted by Gasteiger charge is -1.93. The van der Waals surface area contributed by atoms with Crippen molar-refractivity contribution < 1.29 is 4.79 Å². The van der Waals surface area contributed by atoms with Gasteiger partial charge in [0.05, 0.1) is 9.72 Å². The molecule has 0 aliphatic carbocycles. The molecule has 0 saturated carbocycles. The van der Waals surface area contributed by atoms with Crippen LogP contribution in [-0.4, -0.2) is 15.9 Å². The first kappa shape index (κ1) is 7.64. The molecule has 0 aliphatic heterocycles. The van der Waals surface area contributed by atoms with Gasteiger partial charge in [0.2, 0.25) is 0 Å². The topological polar surface area (TPSA) is 42.9 Å². The van der Waals surface area contributed by atoms with E-state index in [1.807, 2.05) is 0 Å². The molecule has 2 aromatic rings. The lowest BCUT2D eigenvalue weighted by Crippen LogP contribution is -1.80. The highest BCUT2D eigenvalue weighted by Gasteiger charge is 2.06. The molecule has 0 saturated heterocycles. The van der Waals surface area contributed by atoms with Crippen molar-refractivity contribution in [3.63, 3.8) is 0 Å². The number of carbonyl (C=O) groups excluding carboxylic acids is 1. The quantitative estimate of drug-likeness (QED) is 0.660. The fourth-order valence-electron chi connectivity index (χ4n) is 0.923. The van der Waals surface area contributed by atoms with Crippen molar-refractivity contribution in [1.82, 2.24) is 9.59 Å². The van der Waals surface area contributed by atoms with Gasteiger partial charge < -0.3 is 0 Å². The number of aromatic nitrogens is 2. The van der Waals surface area contributed by atoms with Gasteiger partial charge in [-0.25, -0.2) is 0 Å². The predicted octanol–water partition coefficient (Wildman–Crippen LogP) is 2.16. The molecule has 0 spiro atoms. The van der Waals surface area contributed by atoms with Crippen LogP contribution in [0.2, 0.25) is 5.02 Å². The second-order valence-electron chi connectivity index (χ2n) is 2.21. The second kappa shape index (κ2) is 2.80. The highest BCUT2D eigenvalue weighted by Crippen LogP contribution is 2.27. The molecule has 0 fully saturated rings. The fourth-order valence-corrected chi connectivity index (χ4v) is 1.84. The molecule has 3 nitrogen and oxygen atoms in total. The monoisotopic (exact) mass is 198 g/mol. The molecule has 5 heteroatoms. The van der Waals surface area contributed by atoms with E-state index in [1.165, 1.54) is 11.5 Å². The van der Waals surface area contributed by atoms with Crippen LogP contribution in [0.25, 0.3) is 10.2 Å². The Kier molecular flexibility index (Phi) is 1.78. The molecule has 0 unspecified atom stereocenters. The third-order valence-electron chi connectivity index (χ3n) is 1.51. The van der Waals surface area contributed by atoms with E-state index in [1.54, 1.807) is 12.1 Å². The molecular formula is C7H3ClN2OS. The van der Waals surface area contributed by atoms with Crippen LogP contribution >= 0.6 is 23.1 Å². The smallest absolute Gasteiger partial charge is 0.151 e. The largest absolute Gasteiger partial charge is 0.298 e. The SMILES string of the molecule is O=Cc1ccc2nnsc2c1Cl. The first-order valence-corrected chi connectivity index (χ1v) is 4.34. The maximum atomic E-state index is 10.5. The van der Waals surface area contributed by atoms with E-state index in [2.05, 4.69) is 9.59 Å². The number of benzene rings is 1. The lowest BCUT2D eigenvalue weighted by atomic mass is 10.2. The summed E-state index contributed by atoms with van der Waals surface area (Å²) in [5.41, 5.74) is 1.21. The Morgan fingerprint density at radius 3 is 3.08 bits per heavy atom. The molecule has 1 heterocycles. The van der Waals surface area contributed by atoms with Crippen LogP contribution in [0.3, 0.4) is 0 Å². The van der Waals surface area contributed by atoms with Gasteiger partial charge in [0.15, 0.2) is 6.29 Å². The van der Waals surface area contributed by atoms with Crippen LogP contribution in [0, 0.1) is 0 Å². The molecule has 0 aliphatic rings. The molecule has 12 heavy (non-hydrogen) atoms. The van der Waals surface area contributed by atoms with Crippen molar-refractivity contribution in [3.05, 3.63) is 22.7 Å². The average molecular weight is 199 g/mol. The van der Waals surface area contributed by atoms with Crippen molar-refractivity contribution in [2.24, 2.45) is 0 Å². The van der Waals surface area contributed by atoms with Crippen LogP contribution in [0.1, 0.15) is 10.4 Å². The van der Waals surface area contributed by atoms with E-state index < -0.39 is 0 Å². The minimum absolute atomic E-state index is 0.442. The Bertz CT molecular complexity index is 440. The number of aldehydes is 1. The van der Waals surface area contributed by atoms with Gasteiger partial charge in [0, 0.05) is 5.56 Å². The van der Waals surface area contributed by atoms with E-state index in [9.17, 15) is 4.79 Å². The highest BCUT2D eigenvalue weighted by molar-refractivity contribution is 7.13. The Morgan fingerprint density at radius 2 is 2.33 bits per heavy atom. The van der Waals surface area contributed by atoms with Crippen LogP contribution in [0.4, 0.5) is 0 Å². The predicted molar refractivity (Wildman–Crippen MR) is 47.8 cm³/mol. The summed E-state index contributed by atoms with van der Waals surface area (Å²) in [4.78, 5) is 10.5. The molecule has 0 radical (unpaired) electrons. The minimum atomic E-state index is 0.442. The van der Waals surface area contributed by atoms with Gasteiger partial charge >= 0.3 is 0 Å². The van der Waals surface area contributed by atoms with Gasteiger partial charge in [-0.15, -0.1) is 5.10 Å². The van der Waals surface area contributed by atoms with Crippen molar-refractivity contribution in [1.29, 1.82) is 0 Å². The number of fused-ring (bicyclic) bond motifs is 1. The standard InChI is InChI=1S/C7H3ClN2OS/c8-6-4(3-11)1-2-5-7(6)12-10-9-5/h1-3H. The summed E-state index contributed by atoms with van der Waals surface area (Å²) in [7, 11) is 0. The summed E-state index contributed by atoms with van der Waals surface area (Å²) in [5, 5.41) is 4.27. The summed E-state index contributed by atoms with van der Waals surface area (Å²) >= 11 is 7.07. The van der Waals surface area contributed by atoms with Crippen LogP contribution in [-0.2, 0) is 0 Å². The summed E-state index contributed by atoms with van der Waals surface area (Å²) in [6.45, 7) is 0. The zero-order valence-corrected chi connectivity index (χ0v) is 7.39. The van der Waals surface area contributed by atoms with Crippen molar-refractivity contribution >= 4 is 39.6 Å². The Balaban J connectivity index is 2.86. The van der Waals surface area contributed by atoms with Gasteiger partial charge in [-0.2, -0.15) is 0 Å². The van der Waals surface area contributed by atoms with Gasteiger partial charge in [-0.05, 0) is 23.7 Å². The second-order valence-corrected chi connectivity index (χ2v) is 3.34. The number of rotatable bonds is 1. The minimum Gasteiger partial charge on any atom is -0.298 e. The molecule has 0 amide bonds. The first-order valence-electron chi connectivity index (χ1n) is 3.18. The maximum Gasteiger partial charge on any atom is 0.151 e. The molecule has 1 aromatic carbocycles. The summed E-state index contributed by atoms with van der Waals surface area (Å²) in [5.74, 6) is 0. The molecule has 1 aromatic heterocycles. The Hall–Kier alpha value is -1.00. The number of nitrogens with zero attached hydrogens (tertiary/aromatic N) is 2. The van der Waals surface area contributed by atoms with Crippen LogP contribution in [0.5, 0.6) is 0 Å². The van der Waals surface area contributed by atoms with Gasteiger partial charge in [0.25, 0.3) is 0 Å². The highest BCUT2D eigenvalue weighted by atomic mass is 35.5. The van der Waals surface area contributed by atoms with Crippen LogP contribution in [0.15, 0.2) is 12.1 Å². The summed E-state index contributed by atoms with van der Waals surface area (Å²) < 4.78 is 4.49. The molecule has 0 bridgehead atoms. The molecule has 60 valence electrons. The van der Waals surface area contributed by atoms with E-state index in [0.717, 1.165) is 16.5 Å². The fraction of sp³-hybridized carbons (Fsp3) is 0. The summed E-state index contributed by atoms with van der Waals surface area (Å²) in [6, 6.07) is 3.37. The zero-order valence-electron chi connectivity index (χ0n) is 5.82. The van der Waals surface area contributed by atoms with Gasteiger partial charge in [-0.3, -0.25) is 4.79 Å². The van der Waals surface area contributed by atoms with E-state index in [4.69, 9.17) is 11.6 Å². The molecular weight excluding hydrogens is 196 g/mol. The Labute approximate surface area is 77.1 Å². The third kappa shape index (κ3) is 1.00. The first-order chi connectivity index (χ1) is 5.83. The van der Waals surface area contributed by atoms with E-state index in [0.29, 0.717) is 10.6 Å². The van der Waals surface area contributed by atoms with Crippen molar-refractivity contribution in [2.45, 2.75) is 0 Å². The Morgan fingerprint density at radius 1 is 1.50 bits per heavy atom. The maximum absolute atomic E-state index is 10.5.